The minimum atomic E-state index is -2.79. The van der Waals surface area contributed by atoms with Crippen LogP contribution < -0.4 is 13.6 Å². The Balaban J connectivity index is 1.31. The molecule has 0 saturated carbocycles. The molecule has 0 aromatic heterocycles. The van der Waals surface area contributed by atoms with Crippen LogP contribution in [-0.2, 0) is 21.8 Å². The van der Waals surface area contributed by atoms with E-state index in [-0.39, 0.29) is 0 Å². The Morgan fingerprint density at radius 2 is 0.942 bits per heavy atom. The first-order valence-electron chi connectivity index (χ1n) is 19.4. The molecule has 0 saturated heterocycles. The minimum absolute atomic E-state index is 0.504. The van der Waals surface area contributed by atoms with E-state index in [1.807, 2.05) is 0 Å². The molecule has 0 spiro atoms. The summed E-state index contributed by atoms with van der Waals surface area (Å²) in [4.78, 5) is 0. The Labute approximate surface area is 320 Å². The van der Waals surface area contributed by atoms with Gasteiger partial charge in [0, 0.05) is 0 Å². The summed E-state index contributed by atoms with van der Waals surface area (Å²) in [5, 5.41) is 3.39. The predicted molar refractivity (Wildman–Crippen MR) is 224 cm³/mol. The molecule has 0 nitrogen and oxygen atoms in total. The topological polar surface area (TPSA) is 0 Å². The van der Waals surface area contributed by atoms with Gasteiger partial charge in [0.05, 0.1) is 0 Å². The molecule has 2 aliphatic carbocycles. The van der Waals surface area contributed by atoms with Crippen molar-refractivity contribution in [3.05, 3.63) is 172 Å². The Morgan fingerprint density at radius 1 is 0.481 bits per heavy atom. The summed E-state index contributed by atoms with van der Waals surface area (Å²) in [6.07, 6.45) is 10.0. The van der Waals surface area contributed by atoms with E-state index < -0.39 is 31.3 Å². The van der Waals surface area contributed by atoms with Gasteiger partial charge in [0.2, 0.25) is 0 Å². The van der Waals surface area contributed by atoms with Crippen LogP contribution in [0.5, 0.6) is 0 Å². The van der Waals surface area contributed by atoms with E-state index >= 15 is 0 Å². The molecule has 0 fully saturated rings. The average molecular weight is 767 g/mol. The molecule has 9 rings (SSSR count). The molecule has 0 amide bonds. The van der Waals surface area contributed by atoms with Crippen molar-refractivity contribution in [3.8, 4) is 33.4 Å². The third-order valence-electron chi connectivity index (χ3n) is 12.0. The number of hydrogen-bond acceptors (Lipinski definition) is 0. The fourth-order valence-corrected chi connectivity index (χ4v) is 23.8. The Morgan fingerprint density at radius 3 is 1.48 bits per heavy atom. The number of benzene rings is 6. The van der Waals surface area contributed by atoms with Gasteiger partial charge >= 0.3 is 323 Å². The molecule has 0 radical (unpaired) electrons. The summed E-state index contributed by atoms with van der Waals surface area (Å²) in [5.41, 5.74) is 20.9. The molecule has 2 heteroatoms. The van der Waals surface area contributed by atoms with Crippen LogP contribution in [0, 0.1) is 13.8 Å². The number of hydrogen-bond donors (Lipinski definition) is 0. The van der Waals surface area contributed by atoms with E-state index in [9.17, 15) is 0 Å². The van der Waals surface area contributed by atoms with Crippen LogP contribution in [0.1, 0.15) is 80.2 Å². The van der Waals surface area contributed by atoms with Gasteiger partial charge in [-0.3, -0.25) is 0 Å². The fourth-order valence-electron chi connectivity index (χ4n) is 9.80. The molecule has 2 atom stereocenters. The molecule has 6 aromatic carbocycles. The van der Waals surface area contributed by atoms with Gasteiger partial charge in [0.25, 0.3) is 0 Å². The Hall–Kier alpha value is -4.10. The van der Waals surface area contributed by atoms with Gasteiger partial charge in [-0.25, -0.2) is 0 Å². The number of rotatable bonds is 9. The molecule has 0 N–H and O–H groups in total. The first-order valence-corrected chi connectivity index (χ1v) is 24.9. The van der Waals surface area contributed by atoms with E-state index in [0.717, 1.165) is 0 Å². The molecule has 255 valence electrons. The van der Waals surface area contributed by atoms with Crippen LogP contribution in [0.25, 0.3) is 45.5 Å². The summed E-state index contributed by atoms with van der Waals surface area (Å²) in [6, 6.07) is 49.4. The predicted octanol–water partition coefficient (Wildman–Crippen LogP) is 10.9. The van der Waals surface area contributed by atoms with Crippen molar-refractivity contribution in [2.24, 2.45) is 0 Å². The van der Waals surface area contributed by atoms with Crippen LogP contribution >= 0.6 is 0 Å². The zero-order chi connectivity index (χ0) is 35.3. The number of allylic oxidation sites excluding steroid dienone is 2. The summed E-state index contributed by atoms with van der Waals surface area (Å²) >= 11 is -2.79. The Kier molecular flexibility index (Phi) is 9.10. The summed E-state index contributed by atoms with van der Waals surface area (Å²) in [6.45, 7) is 9.32. The fraction of sp³-hybridized carbons (Fsp3) is 0.200. The molecule has 1 heterocycles. The number of fused-ring (bicyclic) bond motifs is 5. The Bertz CT molecular complexity index is 2290. The van der Waals surface area contributed by atoms with Gasteiger partial charge in [0.15, 0.2) is 0 Å². The van der Waals surface area contributed by atoms with E-state index in [0.29, 0.717) is 7.25 Å². The quantitative estimate of drug-likeness (QED) is 0.128. The maximum absolute atomic E-state index is 2.79. The van der Waals surface area contributed by atoms with Crippen molar-refractivity contribution in [1.82, 2.24) is 0 Å². The van der Waals surface area contributed by atoms with E-state index in [1.54, 1.807) is 41.5 Å². The monoisotopic (exact) mass is 765 g/mol. The van der Waals surface area contributed by atoms with Crippen molar-refractivity contribution in [2.75, 3.05) is 0 Å². The molecule has 0 bridgehead atoms. The zero-order valence-corrected chi connectivity index (χ0v) is 34.8. The third-order valence-corrected chi connectivity index (χ3v) is 24.1. The second-order valence-electron chi connectivity index (χ2n) is 15.2. The van der Waals surface area contributed by atoms with Crippen molar-refractivity contribution >= 4 is 35.3 Å². The first kappa shape index (κ1) is 33.7. The van der Waals surface area contributed by atoms with Gasteiger partial charge in [-0.1, -0.05) is 0 Å². The van der Waals surface area contributed by atoms with Crippen molar-refractivity contribution in [2.45, 2.75) is 60.6 Å². The molecular weight excluding hydrogens is 720 g/mol. The second kappa shape index (κ2) is 14.0. The first-order chi connectivity index (χ1) is 25.6. The van der Waals surface area contributed by atoms with Crippen molar-refractivity contribution in [3.63, 3.8) is 0 Å². The van der Waals surface area contributed by atoms with Crippen LogP contribution in [0.2, 0.25) is 0 Å². The molecule has 52 heavy (non-hydrogen) atoms. The molecule has 2 unspecified atom stereocenters. The van der Waals surface area contributed by atoms with E-state index in [4.69, 9.17) is 0 Å². The zero-order valence-electron chi connectivity index (χ0n) is 31.0. The van der Waals surface area contributed by atoms with Crippen LogP contribution in [-0.4, -0.2) is 9.52 Å². The van der Waals surface area contributed by atoms with Crippen LogP contribution in [0.3, 0.4) is 0 Å². The standard InChI is InChI=1S/2C19H19.C12H9Si.Zr/c2*1-3-7-15-12-16-9-6-11-18(19(16)13-15)17-10-5-4-8-14(17)2;1-3-7-11-9(5-1)10-6-2-4-8-12(10)13-11;/h2*4-6,8-13H,3,7H2,1-2H3;1-7H,13H2;. The van der Waals surface area contributed by atoms with E-state index in [1.165, 1.54) is 75.8 Å². The summed E-state index contributed by atoms with van der Waals surface area (Å²) < 4.78 is 2.80. The third kappa shape index (κ3) is 5.57. The van der Waals surface area contributed by atoms with Crippen molar-refractivity contribution in [1.29, 1.82) is 0 Å². The molecule has 3 aliphatic rings. The molecule has 6 aromatic rings. The molecule has 1 aliphatic heterocycles. The van der Waals surface area contributed by atoms with Crippen molar-refractivity contribution < 1.29 is 21.8 Å². The summed E-state index contributed by atoms with van der Waals surface area (Å²) in [5.74, 6) is 0. The van der Waals surface area contributed by atoms with Gasteiger partial charge < -0.3 is 0 Å². The summed E-state index contributed by atoms with van der Waals surface area (Å²) in [7, 11) is -0.593. The maximum atomic E-state index is 2.67. The van der Waals surface area contributed by atoms with Gasteiger partial charge in [0.1, 0.15) is 0 Å². The van der Waals surface area contributed by atoms with E-state index in [2.05, 4.69) is 167 Å². The van der Waals surface area contributed by atoms with Crippen LogP contribution in [0.15, 0.2) is 139 Å². The molecular formula is C50H47SiZr. The van der Waals surface area contributed by atoms with Gasteiger partial charge in [-0.15, -0.1) is 0 Å². The second-order valence-corrected chi connectivity index (χ2v) is 23.4. The normalized spacial score (nSPS) is 17.0. The average Bonchev–Trinajstić information content (AvgIpc) is 3.85. The SMILES string of the molecule is CCCC1=Cc2c(-c3ccccc3C)cccc2[CH]1[Zr]([c]1cccc2c1[SiH2]c1ccccc1-2)[CH]1C(CCC)=Cc2c(-c3ccccc3C)cccc21. The number of aryl methyl sites for hydroxylation is 2. The van der Waals surface area contributed by atoms with Crippen LogP contribution in [0.4, 0.5) is 0 Å². The van der Waals surface area contributed by atoms with Gasteiger partial charge in [-0.2, -0.15) is 0 Å². The van der Waals surface area contributed by atoms with Gasteiger partial charge in [-0.05, 0) is 0 Å².